The summed E-state index contributed by atoms with van der Waals surface area (Å²) in [5.74, 6) is 0.838. The fourth-order valence-electron chi connectivity index (χ4n) is 2.07. The van der Waals surface area contributed by atoms with E-state index < -0.39 is 0 Å². The zero-order valence-corrected chi connectivity index (χ0v) is 13.1. The molecule has 2 aromatic rings. The molecular formula is C18H22N2O2. The predicted molar refractivity (Wildman–Crippen MR) is 89.6 cm³/mol. The summed E-state index contributed by atoms with van der Waals surface area (Å²) in [6.07, 6.45) is 0.982. The van der Waals surface area contributed by atoms with Crippen LogP contribution in [0.5, 0.6) is 5.75 Å². The van der Waals surface area contributed by atoms with Gasteiger partial charge in [0.1, 0.15) is 12.4 Å². The van der Waals surface area contributed by atoms with Gasteiger partial charge in [0, 0.05) is 12.7 Å². The fraction of sp³-hybridized carbons (Fsp3) is 0.278. The first kappa shape index (κ1) is 15.9. The zero-order chi connectivity index (χ0) is 15.8. The van der Waals surface area contributed by atoms with Crippen molar-refractivity contribution in [1.29, 1.82) is 0 Å². The number of nitrogens with zero attached hydrogens (tertiary/aromatic N) is 1. The number of nitrogens with one attached hydrogen (secondary N) is 1. The van der Waals surface area contributed by atoms with E-state index >= 15 is 0 Å². The maximum Gasteiger partial charge on any atom is 0.321 e. The molecule has 116 valence electrons. The summed E-state index contributed by atoms with van der Waals surface area (Å²) in [7, 11) is 1.75. The van der Waals surface area contributed by atoms with Crippen LogP contribution in [0.4, 0.5) is 10.5 Å². The minimum atomic E-state index is -0.142. The lowest BCUT2D eigenvalue weighted by atomic mass is 10.2. The molecule has 4 nitrogen and oxygen atoms in total. The third-order valence-electron chi connectivity index (χ3n) is 3.40. The topological polar surface area (TPSA) is 41.6 Å². The van der Waals surface area contributed by atoms with Crippen molar-refractivity contribution >= 4 is 11.7 Å². The molecule has 1 N–H and O–H groups in total. The molecule has 0 atom stereocenters. The predicted octanol–water partition coefficient (Wildman–Crippen LogP) is 3.47. The molecule has 0 aromatic heterocycles. The standard InChI is InChI=1S/C18H22N2O2/c1-3-15-8-7-11-17(14-15)22-13-12-19-18(21)20(2)16-9-5-4-6-10-16/h4-11,14H,3,12-13H2,1-2H3,(H,19,21). The average Bonchev–Trinajstić information content (AvgIpc) is 2.58. The van der Waals surface area contributed by atoms with Crippen molar-refractivity contribution in [2.24, 2.45) is 0 Å². The molecule has 0 fully saturated rings. The van der Waals surface area contributed by atoms with E-state index in [9.17, 15) is 4.79 Å². The van der Waals surface area contributed by atoms with E-state index in [0.29, 0.717) is 13.2 Å². The van der Waals surface area contributed by atoms with Crippen LogP contribution < -0.4 is 15.0 Å². The van der Waals surface area contributed by atoms with E-state index in [4.69, 9.17) is 4.74 Å². The number of rotatable bonds is 6. The molecule has 0 aliphatic rings. The highest BCUT2D eigenvalue weighted by molar-refractivity contribution is 5.91. The molecule has 0 aliphatic heterocycles. The number of anilines is 1. The molecule has 0 saturated heterocycles. The largest absolute Gasteiger partial charge is 0.492 e. The molecule has 0 aliphatic carbocycles. The van der Waals surface area contributed by atoms with Crippen LogP contribution in [0.15, 0.2) is 54.6 Å². The van der Waals surface area contributed by atoms with Gasteiger partial charge in [-0.1, -0.05) is 37.3 Å². The first-order valence-electron chi connectivity index (χ1n) is 7.49. The van der Waals surface area contributed by atoms with Crippen molar-refractivity contribution in [2.45, 2.75) is 13.3 Å². The van der Waals surface area contributed by atoms with Crippen molar-refractivity contribution in [3.05, 3.63) is 60.2 Å². The summed E-state index contributed by atoms with van der Waals surface area (Å²) in [6.45, 7) is 3.02. The Bertz CT molecular complexity index is 599. The number of amides is 2. The van der Waals surface area contributed by atoms with Crippen LogP contribution in [0, 0.1) is 0 Å². The number of urea groups is 1. The van der Waals surface area contributed by atoms with Crippen LogP contribution in [-0.2, 0) is 6.42 Å². The van der Waals surface area contributed by atoms with Gasteiger partial charge >= 0.3 is 6.03 Å². The van der Waals surface area contributed by atoms with E-state index in [2.05, 4.69) is 18.3 Å². The highest BCUT2D eigenvalue weighted by atomic mass is 16.5. The number of ether oxygens (including phenoxy) is 1. The number of carbonyl (C=O) groups is 1. The molecule has 0 radical (unpaired) electrons. The van der Waals surface area contributed by atoms with E-state index in [1.54, 1.807) is 11.9 Å². The van der Waals surface area contributed by atoms with Crippen LogP contribution in [0.3, 0.4) is 0 Å². The Morgan fingerprint density at radius 3 is 2.64 bits per heavy atom. The lowest BCUT2D eigenvalue weighted by Gasteiger charge is -2.18. The van der Waals surface area contributed by atoms with Gasteiger partial charge in [0.15, 0.2) is 0 Å². The quantitative estimate of drug-likeness (QED) is 0.830. The molecule has 0 spiro atoms. The number of carbonyl (C=O) groups excluding carboxylic acids is 1. The molecule has 2 amide bonds. The molecule has 4 heteroatoms. The second kappa shape index (κ2) is 8.08. The van der Waals surface area contributed by atoms with Crippen molar-refractivity contribution in [2.75, 3.05) is 25.1 Å². The van der Waals surface area contributed by atoms with Gasteiger partial charge < -0.3 is 10.1 Å². The van der Waals surface area contributed by atoms with E-state index in [1.165, 1.54) is 5.56 Å². The van der Waals surface area contributed by atoms with Crippen LogP contribution in [-0.4, -0.2) is 26.2 Å². The molecule has 22 heavy (non-hydrogen) atoms. The summed E-state index contributed by atoms with van der Waals surface area (Å²) >= 11 is 0. The fourth-order valence-corrected chi connectivity index (χ4v) is 2.07. The highest BCUT2D eigenvalue weighted by Gasteiger charge is 2.09. The second-order valence-corrected chi connectivity index (χ2v) is 4.98. The van der Waals surface area contributed by atoms with Crippen LogP contribution in [0.25, 0.3) is 0 Å². The monoisotopic (exact) mass is 298 g/mol. The lowest BCUT2D eigenvalue weighted by molar-refractivity contribution is 0.243. The molecule has 0 unspecified atom stereocenters. The van der Waals surface area contributed by atoms with Crippen LogP contribution in [0.1, 0.15) is 12.5 Å². The van der Waals surface area contributed by atoms with Gasteiger partial charge in [-0.05, 0) is 36.2 Å². The van der Waals surface area contributed by atoms with Gasteiger partial charge in [-0.2, -0.15) is 0 Å². The Balaban J connectivity index is 1.75. The van der Waals surface area contributed by atoms with Crippen molar-refractivity contribution in [1.82, 2.24) is 5.32 Å². The summed E-state index contributed by atoms with van der Waals surface area (Å²) in [6, 6.07) is 17.4. The lowest BCUT2D eigenvalue weighted by Crippen LogP contribution is -2.39. The first-order valence-corrected chi connectivity index (χ1v) is 7.49. The van der Waals surface area contributed by atoms with Gasteiger partial charge in [0.25, 0.3) is 0 Å². The third kappa shape index (κ3) is 4.52. The number of aryl methyl sites for hydroxylation is 1. The number of hydrogen-bond donors (Lipinski definition) is 1. The van der Waals surface area contributed by atoms with E-state index in [1.807, 2.05) is 48.5 Å². The molecule has 0 bridgehead atoms. The summed E-state index contributed by atoms with van der Waals surface area (Å²) in [4.78, 5) is 13.6. The normalized spacial score (nSPS) is 10.1. The van der Waals surface area contributed by atoms with Gasteiger partial charge in [0.2, 0.25) is 0 Å². The van der Waals surface area contributed by atoms with Crippen molar-refractivity contribution < 1.29 is 9.53 Å². The Labute approximate surface area is 131 Å². The second-order valence-electron chi connectivity index (χ2n) is 4.98. The maximum absolute atomic E-state index is 12.0. The third-order valence-corrected chi connectivity index (χ3v) is 3.40. The Hall–Kier alpha value is -2.49. The summed E-state index contributed by atoms with van der Waals surface area (Å²) in [5, 5.41) is 2.84. The van der Waals surface area contributed by atoms with E-state index in [0.717, 1.165) is 17.9 Å². The Morgan fingerprint density at radius 1 is 1.14 bits per heavy atom. The minimum Gasteiger partial charge on any atom is -0.492 e. The summed E-state index contributed by atoms with van der Waals surface area (Å²) in [5.41, 5.74) is 2.10. The molecule has 2 aromatic carbocycles. The summed E-state index contributed by atoms with van der Waals surface area (Å²) < 4.78 is 5.65. The number of para-hydroxylation sites is 1. The van der Waals surface area contributed by atoms with Crippen molar-refractivity contribution in [3.8, 4) is 5.75 Å². The van der Waals surface area contributed by atoms with Crippen LogP contribution in [0.2, 0.25) is 0 Å². The van der Waals surface area contributed by atoms with Gasteiger partial charge in [-0.3, -0.25) is 4.90 Å². The van der Waals surface area contributed by atoms with E-state index in [-0.39, 0.29) is 6.03 Å². The maximum atomic E-state index is 12.0. The molecule has 0 heterocycles. The molecular weight excluding hydrogens is 276 g/mol. The van der Waals surface area contributed by atoms with Gasteiger partial charge in [-0.15, -0.1) is 0 Å². The van der Waals surface area contributed by atoms with Gasteiger partial charge in [0.05, 0.1) is 6.54 Å². The first-order chi connectivity index (χ1) is 10.7. The molecule has 2 rings (SSSR count). The minimum absolute atomic E-state index is 0.142. The Kier molecular flexibility index (Phi) is 5.83. The Morgan fingerprint density at radius 2 is 1.91 bits per heavy atom. The average molecular weight is 298 g/mol. The van der Waals surface area contributed by atoms with Gasteiger partial charge in [-0.25, -0.2) is 4.79 Å². The number of hydrogen-bond acceptors (Lipinski definition) is 2. The molecule has 0 saturated carbocycles. The van der Waals surface area contributed by atoms with Crippen LogP contribution >= 0.6 is 0 Å². The smallest absolute Gasteiger partial charge is 0.321 e. The highest BCUT2D eigenvalue weighted by Crippen LogP contribution is 2.13. The zero-order valence-electron chi connectivity index (χ0n) is 13.1. The SMILES string of the molecule is CCc1cccc(OCCNC(=O)N(C)c2ccccc2)c1. The van der Waals surface area contributed by atoms with Crippen molar-refractivity contribution in [3.63, 3.8) is 0 Å². The number of benzene rings is 2.